The summed E-state index contributed by atoms with van der Waals surface area (Å²) < 4.78 is 10.5. The van der Waals surface area contributed by atoms with Gasteiger partial charge in [-0.3, -0.25) is 0 Å². The summed E-state index contributed by atoms with van der Waals surface area (Å²) in [6, 6.07) is 5.14. The molecule has 16 heavy (non-hydrogen) atoms. The van der Waals surface area contributed by atoms with Crippen LogP contribution in [0.15, 0.2) is 30.0 Å². The number of benzene rings is 1. The van der Waals surface area contributed by atoms with E-state index < -0.39 is 6.10 Å². The van der Waals surface area contributed by atoms with Crippen LogP contribution in [-0.4, -0.2) is 18.8 Å². The zero-order chi connectivity index (χ0) is 11.5. The van der Waals surface area contributed by atoms with E-state index in [0.29, 0.717) is 28.7 Å². The molecule has 1 aromatic carbocycles. The summed E-state index contributed by atoms with van der Waals surface area (Å²) in [5.74, 6) is 1.17. The summed E-state index contributed by atoms with van der Waals surface area (Å²) >= 11 is 5.90. The van der Waals surface area contributed by atoms with Gasteiger partial charge in [0.15, 0.2) is 0 Å². The lowest BCUT2D eigenvalue weighted by atomic mass is 10.1. The van der Waals surface area contributed by atoms with Gasteiger partial charge in [0.05, 0.1) is 13.7 Å². The number of methoxy groups -OCH3 is 1. The first-order chi connectivity index (χ1) is 7.72. The van der Waals surface area contributed by atoms with Crippen molar-refractivity contribution in [2.24, 2.45) is 0 Å². The summed E-state index contributed by atoms with van der Waals surface area (Å²) in [4.78, 5) is 0. The number of halogens is 1. The normalized spacial score (nSPS) is 16.6. The van der Waals surface area contributed by atoms with Crippen LogP contribution in [0.3, 0.4) is 0 Å². The summed E-state index contributed by atoms with van der Waals surface area (Å²) in [7, 11) is 1.56. The lowest BCUT2D eigenvalue weighted by Crippen LogP contribution is -2.04. The Balaban J connectivity index is 2.34. The molecule has 2 rings (SSSR count). The molecule has 0 radical (unpaired) electrons. The highest BCUT2D eigenvalue weighted by molar-refractivity contribution is 6.30. The smallest absolute Gasteiger partial charge is 0.139 e. The molecule has 0 spiro atoms. The van der Waals surface area contributed by atoms with Crippen molar-refractivity contribution >= 4 is 11.6 Å². The molecule has 1 aliphatic heterocycles. The molecule has 0 saturated carbocycles. The molecule has 1 aliphatic rings. The van der Waals surface area contributed by atoms with Crippen molar-refractivity contribution in [1.82, 2.24) is 0 Å². The van der Waals surface area contributed by atoms with Crippen LogP contribution in [0, 0.1) is 0 Å². The predicted molar refractivity (Wildman–Crippen MR) is 61.6 cm³/mol. The lowest BCUT2D eigenvalue weighted by Gasteiger charge is -2.16. The number of aliphatic hydroxyl groups excluding tert-OH is 1. The Kier molecular flexibility index (Phi) is 3.36. The lowest BCUT2D eigenvalue weighted by molar-refractivity contribution is 0.117. The molecule has 1 N–H and O–H groups in total. The largest absolute Gasteiger partial charge is 0.496 e. The van der Waals surface area contributed by atoms with Crippen molar-refractivity contribution in [3.8, 4) is 5.75 Å². The van der Waals surface area contributed by atoms with Crippen LogP contribution < -0.4 is 4.74 Å². The third kappa shape index (κ3) is 2.15. The van der Waals surface area contributed by atoms with Gasteiger partial charge in [-0.1, -0.05) is 11.6 Å². The van der Waals surface area contributed by atoms with Crippen LogP contribution >= 0.6 is 11.6 Å². The van der Waals surface area contributed by atoms with E-state index in [4.69, 9.17) is 21.1 Å². The fourth-order valence-electron chi connectivity index (χ4n) is 1.70. The van der Waals surface area contributed by atoms with Crippen molar-refractivity contribution in [3.63, 3.8) is 0 Å². The van der Waals surface area contributed by atoms with Gasteiger partial charge < -0.3 is 14.6 Å². The molecule has 0 amide bonds. The maximum Gasteiger partial charge on any atom is 0.139 e. The maximum atomic E-state index is 10.1. The maximum absolute atomic E-state index is 10.1. The van der Waals surface area contributed by atoms with E-state index >= 15 is 0 Å². The second-order valence-electron chi connectivity index (χ2n) is 3.53. The van der Waals surface area contributed by atoms with Gasteiger partial charge in [-0.2, -0.15) is 0 Å². The van der Waals surface area contributed by atoms with Crippen LogP contribution in [-0.2, 0) is 4.74 Å². The first-order valence-electron chi connectivity index (χ1n) is 5.06. The summed E-state index contributed by atoms with van der Waals surface area (Å²) in [6.45, 7) is 0.620. The van der Waals surface area contributed by atoms with Gasteiger partial charge in [-0.25, -0.2) is 0 Å². The van der Waals surface area contributed by atoms with Crippen LogP contribution in [0.25, 0.3) is 0 Å². The Morgan fingerprint density at radius 2 is 2.31 bits per heavy atom. The Morgan fingerprint density at radius 1 is 1.50 bits per heavy atom. The Hall–Kier alpha value is -1.19. The standard InChI is InChI=1S/C12H13ClO3/c1-15-10-5-4-8(13)7-9(10)12(14)11-3-2-6-16-11/h3-5,7,12,14H,2,6H2,1H3. The number of hydrogen-bond acceptors (Lipinski definition) is 3. The third-order valence-electron chi connectivity index (χ3n) is 2.49. The summed E-state index contributed by atoms with van der Waals surface area (Å²) in [5.41, 5.74) is 0.628. The van der Waals surface area contributed by atoms with E-state index in [-0.39, 0.29) is 0 Å². The summed E-state index contributed by atoms with van der Waals surface area (Å²) in [6.07, 6.45) is 1.90. The molecule has 0 fully saturated rings. The van der Waals surface area contributed by atoms with Gasteiger partial charge in [-0.15, -0.1) is 0 Å². The molecular weight excluding hydrogens is 228 g/mol. The van der Waals surface area contributed by atoms with Crippen molar-refractivity contribution in [1.29, 1.82) is 0 Å². The quantitative estimate of drug-likeness (QED) is 0.883. The van der Waals surface area contributed by atoms with Gasteiger partial charge in [0.1, 0.15) is 17.6 Å². The Morgan fingerprint density at radius 3 is 2.94 bits per heavy atom. The van der Waals surface area contributed by atoms with Gasteiger partial charge >= 0.3 is 0 Å². The average Bonchev–Trinajstić information content (AvgIpc) is 2.81. The van der Waals surface area contributed by atoms with Crippen LogP contribution in [0.4, 0.5) is 0 Å². The first-order valence-corrected chi connectivity index (χ1v) is 5.44. The van der Waals surface area contributed by atoms with E-state index in [9.17, 15) is 5.11 Å². The molecule has 0 aromatic heterocycles. The fourth-order valence-corrected chi connectivity index (χ4v) is 1.88. The van der Waals surface area contributed by atoms with Gasteiger partial charge in [0.2, 0.25) is 0 Å². The molecular formula is C12H13ClO3. The second-order valence-corrected chi connectivity index (χ2v) is 3.97. The predicted octanol–water partition coefficient (Wildman–Crippen LogP) is 2.69. The number of rotatable bonds is 3. The average molecular weight is 241 g/mol. The first kappa shape index (κ1) is 11.3. The van der Waals surface area contributed by atoms with Crippen LogP contribution in [0.1, 0.15) is 18.1 Å². The topological polar surface area (TPSA) is 38.7 Å². The fraction of sp³-hybridized carbons (Fsp3) is 0.333. The second kappa shape index (κ2) is 4.76. The number of aliphatic hydroxyl groups is 1. The van der Waals surface area contributed by atoms with Crippen LogP contribution in [0.5, 0.6) is 5.75 Å². The highest BCUT2D eigenvalue weighted by atomic mass is 35.5. The minimum atomic E-state index is -0.809. The van der Waals surface area contributed by atoms with Gasteiger partial charge in [0, 0.05) is 17.0 Å². The third-order valence-corrected chi connectivity index (χ3v) is 2.72. The zero-order valence-corrected chi connectivity index (χ0v) is 9.70. The zero-order valence-electron chi connectivity index (χ0n) is 8.94. The molecule has 1 aromatic rings. The monoisotopic (exact) mass is 240 g/mol. The van der Waals surface area contributed by atoms with Crippen molar-refractivity contribution in [2.75, 3.05) is 13.7 Å². The van der Waals surface area contributed by atoms with E-state index in [1.54, 1.807) is 25.3 Å². The molecule has 3 nitrogen and oxygen atoms in total. The minimum absolute atomic E-state index is 0.563. The SMILES string of the molecule is COc1ccc(Cl)cc1C(O)C1=CCCO1. The van der Waals surface area contributed by atoms with Crippen molar-refractivity contribution in [2.45, 2.75) is 12.5 Å². The van der Waals surface area contributed by atoms with E-state index in [1.807, 2.05) is 6.08 Å². The van der Waals surface area contributed by atoms with Crippen LogP contribution in [0.2, 0.25) is 5.02 Å². The van der Waals surface area contributed by atoms with Gasteiger partial charge in [0.25, 0.3) is 0 Å². The number of hydrogen-bond donors (Lipinski definition) is 1. The molecule has 1 unspecified atom stereocenters. The highest BCUT2D eigenvalue weighted by Crippen LogP contribution is 2.34. The van der Waals surface area contributed by atoms with E-state index in [1.165, 1.54) is 0 Å². The molecule has 1 atom stereocenters. The van der Waals surface area contributed by atoms with E-state index in [2.05, 4.69) is 0 Å². The molecule has 4 heteroatoms. The molecule has 0 saturated heterocycles. The minimum Gasteiger partial charge on any atom is -0.496 e. The molecule has 0 aliphatic carbocycles. The summed E-state index contributed by atoms with van der Waals surface area (Å²) in [5, 5.41) is 10.7. The van der Waals surface area contributed by atoms with Crippen molar-refractivity contribution in [3.05, 3.63) is 40.6 Å². The molecule has 86 valence electrons. The van der Waals surface area contributed by atoms with Gasteiger partial charge in [-0.05, 0) is 24.3 Å². The number of ether oxygens (including phenoxy) is 2. The Labute approximate surface area is 99.3 Å². The Bertz CT molecular complexity index is 415. The molecule has 1 heterocycles. The van der Waals surface area contributed by atoms with Crippen molar-refractivity contribution < 1.29 is 14.6 Å². The highest BCUT2D eigenvalue weighted by Gasteiger charge is 2.21. The molecule has 0 bridgehead atoms. The van der Waals surface area contributed by atoms with E-state index in [0.717, 1.165) is 6.42 Å².